The van der Waals surface area contributed by atoms with E-state index in [4.69, 9.17) is 5.11 Å². The maximum Gasteiger partial charge on any atom is 0.323 e. The number of nitrogens with zero attached hydrogens (tertiary/aromatic N) is 1. The minimum Gasteiger partial charge on any atom is -0.480 e. The zero-order valence-corrected chi connectivity index (χ0v) is 11.5. The summed E-state index contributed by atoms with van der Waals surface area (Å²) in [6, 6.07) is 8.96. The molecule has 19 heavy (non-hydrogen) atoms. The van der Waals surface area contributed by atoms with Crippen molar-refractivity contribution in [2.45, 2.75) is 33.1 Å². The SMILES string of the molecule is CCC(CC)CC(=O)N(CC(=O)O)c1ccccc1. The quantitative estimate of drug-likeness (QED) is 0.822. The van der Waals surface area contributed by atoms with E-state index < -0.39 is 5.97 Å². The molecule has 0 bridgehead atoms. The Morgan fingerprint density at radius 1 is 1.16 bits per heavy atom. The van der Waals surface area contributed by atoms with Crippen LogP contribution in [-0.2, 0) is 9.59 Å². The second kappa shape index (κ2) is 7.56. The maximum absolute atomic E-state index is 12.3. The first-order chi connectivity index (χ1) is 9.08. The number of carbonyl (C=O) groups is 2. The Morgan fingerprint density at radius 2 is 1.74 bits per heavy atom. The molecule has 0 saturated carbocycles. The smallest absolute Gasteiger partial charge is 0.323 e. The van der Waals surface area contributed by atoms with E-state index in [0.29, 0.717) is 18.0 Å². The molecule has 1 aromatic rings. The highest BCUT2D eigenvalue weighted by molar-refractivity contribution is 5.97. The van der Waals surface area contributed by atoms with Crippen LogP contribution in [-0.4, -0.2) is 23.5 Å². The van der Waals surface area contributed by atoms with E-state index in [9.17, 15) is 9.59 Å². The molecule has 0 aromatic heterocycles. The molecule has 0 radical (unpaired) electrons. The molecule has 4 nitrogen and oxygen atoms in total. The van der Waals surface area contributed by atoms with Crippen molar-refractivity contribution in [1.82, 2.24) is 0 Å². The van der Waals surface area contributed by atoms with Crippen molar-refractivity contribution in [3.63, 3.8) is 0 Å². The van der Waals surface area contributed by atoms with Crippen molar-refractivity contribution in [3.8, 4) is 0 Å². The molecular weight excluding hydrogens is 242 g/mol. The second-order valence-electron chi connectivity index (χ2n) is 4.60. The van der Waals surface area contributed by atoms with Crippen molar-refractivity contribution in [3.05, 3.63) is 30.3 Å². The number of anilines is 1. The molecule has 0 heterocycles. The summed E-state index contributed by atoms with van der Waals surface area (Å²) >= 11 is 0. The molecule has 0 spiro atoms. The van der Waals surface area contributed by atoms with E-state index in [1.165, 1.54) is 4.90 Å². The number of hydrogen-bond donors (Lipinski definition) is 1. The van der Waals surface area contributed by atoms with E-state index in [1.54, 1.807) is 24.3 Å². The zero-order valence-electron chi connectivity index (χ0n) is 11.5. The molecule has 1 aromatic carbocycles. The normalized spacial score (nSPS) is 10.5. The van der Waals surface area contributed by atoms with Gasteiger partial charge in [-0.25, -0.2) is 0 Å². The summed E-state index contributed by atoms with van der Waals surface area (Å²) in [5.41, 5.74) is 0.640. The highest BCUT2D eigenvalue weighted by atomic mass is 16.4. The topological polar surface area (TPSA) is 57.6 Å². The van der Waals surface area contributed by atoms with Gasteiger partial charge in [0, 0.05) is 12.1 Å². The van der Waals surface area contributed by atoms with Gasteiger partial charge in [0.2, 0.25) is 5.91 Å². The van der Waals surface area contributed by atoms with Crippen LogP contribution in [0.25, 0.3) is 0 Å². The third kappa shape index (κ3) is 4.73. The summed E-state index contributed by atoms with van der Waals surface area (Å²) in [7, 11) is 0. The largest absolute Gasteiger partial charge is 0.480 e. The first kappa shape index (κ1) is 15.2. The molecule has 104 valence electrons. The van der Waals surface area contributed by atoms with Crippen LogP contribution in [0.1, 0.15) is 33.1 Å². The predicted molar refractivity (Wildman–Crippen MR) is 75.1 cm³/mol. The number of amides is 1. The number of hydrogen-bond acceptors (Lipinski definition) is 2. The Labute approximate surface area is 114 Å². The summed E-state index contributed by atoms with van der Waals surface area (Å²) in [5.74, 6) is -0.809. The van der Waals surface area contributed by atoms with Crippen LogP contribution in [0.2, 0.25) is 0 Å². The van der Waals surface area contributed by atoms with Gasteiger partial charge in [0.1, 0.15) is 6.54 Å². The number of para-hydroxylation sites is 1. The Kier molecular flexibility index (Phi) is 6.06. The standard InChI is InChI=1S/C15H21NO3/c1-3-12(4-2)10-14(17)16(11-15(18)19)13-8-6-5-7-9-13/h5-9,12H,3-4,10-11H2,1-2H3,(H,18,19). The molecule has 0 atom stereocenters. The summed E-state index contributed by atoms with van der Waals surface area (Å²) in [6.45, 7) is 3.81. The number of carboxylic acid groups (broad SMARTS) is 1. The van der Waals surface area contributed by atoms with Crippen LogP contribution in [0, 0.1) is 5.92 Å². The maximum atomic E-state index is 12.3. The second-order valence-corrected chi connectivity index (χ2v) is 4.60. The molecule has 0 saturated heterocycles. The van der Waals surface area contributed by atoms with Gasteiger partial charge in [-0.2, -0.15) is 0 Å². The fraction of sp³-hybridized carbons (Fsp3) is 0.467. The van der Waals surface area contributed by atoms with Gasteiger partial charge in [-0.3, -0.25) is 9.59 Å². The zero-order chi connectivity index (χ0) is 14.3. The molecule has 1 rings (SSSR count). The van der Waals surface area contributed by atoms with Crippen molar-refractivity contribution in [2.24, 2.45) is 5.92 Å². The van der Waals surface area contributed by atoms with E-state index in [0.717, 1.165) is 12.8 Å². The monoisotopic (exact) mass is 263 g/mol. The lowest BCUT2D eigenvalue weighted by atomic mass is 9.98. The highest BCUT2D eigenvalue weighted by Crippen LogP contribution is 2.19. The van der Waals surface area contributed by atoms with Crippen LogP contribution in [0.15, 0.2) is 30.3 Å². The van der Waals surface area contributed by atoms with Gasteiger partial charge in [-0.1, -0.05) is 44.9 Å². The average Bonchev–Trinajstić information content (AvgIpc) is 2.42. The average molecular weight is 263 g/mol. The lowest BCUT2D eigenvalue weighted by Gasteiger charge is -2.23. The molecule has 4 heteroatoms. The third-order valence-corrected chi connectivity index (χ3v) is 3.28. The molecule has 0 fully saturated rings. The molecule has 1 N–H and O–H groups in total. The third-order valence-electron chi connectivity index (χ3n) is 3.28. The van der Waals surface area contributed by atoms with Crippen molar-refractivity contribution in [1.29, 1.82) is 0 Å². The minimum absolute atomic E-state index is 0.123. The Balaban J connectivity index is 2.85. The Morgan fingerprint density at radius 3 is 2.21 bits per heavy atom. The van der Waals surface area contributed by atoms with E-state index in [1.807, 2.05) is 19.9 Å². The fourth-order valence-corrected chi connectivity index (χ4v) is 2.00. The summed E-state index contributed by atoms with van der Waals surface area (Å²) in [6.07, 6.45) is 2.26. The minimum atomic E-state index is -0.998. The fourth-order valence-electron chi connectivity index (χ4n) is 2.00. The molecule has 1 amide bonds. The first-order valence-corrected chi connectivity index (χ1v) is 6.65. The van der Waals surface area contributed by atoms with Crippen molar-refractivity contribution in [2.75, 3.05) is 11.4 Å². The summed E-state index contributed by atoms with van der Waals surface area (Å²) in [4.78, 5) is 24.5. The van der Waals surface area contributed by atoms with Gasteiger partial charge < -0.3 is 10.0 Å². The molecule has 0 aliphatic rings. The van der Waals surface area contributed by atoms with Crippen LogP contribution < -0.4 is 4.90 Å². The molecule has 0 aliphatic heterocycles. The summed E-state index contributed by atoms with van der Waals surface area (Å²) < 4.78 is 0. The van der Waals surface area contributed by atoms with Gasteiger partial charge in [-0.15, -0.1) is 0 Å². The van der Waals surface area contributed by atoms with Gasteiger partial charge in [0.15, 0.2) is 0 Å². The van der Waals surface area contributed by atoms with E-state index in [-0.39, 0.29) is 12.5 Å². The van der Waals surface area contributed by atoms with E-state index >= 15 is 0 Å². The Bertz CT molecular complexity index is 413. The highest BCUT2D eigenvalue weighted by Gasteiger charge is 2.20. The van der Waals surface area contributed by atoms with Crippen LogP contribution >= 0.6 is 0 Å². The Hall–Kier alpha value is -1.84. The number of carbonyl (C=O) groups excluding carboxylic acids is 1. The molecular formula is C15H21NO3. The molecule has 0 unspecified atom stereocenters. The lowest BCUT2D eigenvalue weighted by molar-refractivity contribution is -0.136. The van der Waals surface area contributed by atoms with Gasteiger partial charge in [0.25, 0.3) is 0 Å². The van der Waals surface area contributed by atoms with Crippen molar-refractivity contribution < 1.29 is 14.7 Å². The number of rotatable bonds is 7. The number of aliphatic carboxylic acids is 1. The predicted octanol–water partition coefficient (Wildman–Crippen LogP) is 2.93. The lowest BCUT2D eigenvalue weighted by Crippen LogP contribution is -2.36. The van der Waals surface area contributed by atoms with Gasteiger partial charge in [-0.05, 0) is 18.1 Å². The van der Waals surface area contributed by atoms with Gasteiger partial charge in [0.05, 0.1) is 0 Å². The number of carboxylic acids is 1. The van der Waals surface area contributed by atoms with Gasteiger partial charge >= 0.3 is 5.97 Å². The first-order valence-electron chi connectivity index (χ1n) is 6.65. The van der Waals surface area contributed by atoms with Crippen LogP contribution in [0.3, 0.4) is 0 Å². The van der Waals surface area contributed by atoms with E-state index in [2.05, 4.69) is 0 Å². The van der Waals surface area contributed by atoms with Crippen molar-refractivity contribution >= 4 is 17.6 Å². The molecule has 0 aliphatic carbocycles. The number of benzene rings is 1. The van der Waals surface area contributed by atoms with Crippen LogP contribution in [0.5, 0.6) is 0 Å². The summed E-state index contributed by atoms with van der Waals surface area (Å²) in [5, 5.41) is 8.95. The van der Waals surface area contributed by atoms with Crippen LogP contribution in [0.4, 0.5) is 5.69 Å².